The second kappa shape index (κ2) is 5.86. The minimum atomic E-state index is 0.218. The Morgan fingerprint density at radius 1 is 1.04 bits per heavy atom. The minimum Gasteiger partial charge on any atom is -0.508 e. The molecule has 0 spiro atoms. The van der Waals surface area contributed by atoms with Crippen molar-refractivity contribution in [2.75, 3.05) is 5.32 Å². The van der Waals surface area contributed by atoms with Crippen molar-refractivity contribution in [2.45, 2.75) is 0 Å². The van der Waals surface area contributed by atoms with Crippen LogP contribution in [0.4, 0.5) is 11.5 Å². The fourth-order valence-electron chi connectivity index (χ4n) is 2.55. The summed E-state index contributed by atoms with van der Waals surface area (Å²) in [6.07, 6.45) is 5.37. The number of rotatable bonds is 3. The lowest BCUT2D eigenvalue weighted by molar-refractivity contribution is 0.475. The molecule has 0 aliphatic carbocycles. The first-order valence-corrected chi connectivity index (χ1v) is 7.72. The summed E-state index contributed by atoms with van der Waals surface area (Å²) in [5.74, 6) is 0.854. The number of hydrogen-bond acceptors (Lipinski definition) is 4. The number of halogens is 1. The third-order valence-electron chi connectivity index (χ3n) is 3.68. The monoisotopic (exact) mass is 336 g/mol. The van der Waals surface area contributed by atoms with Gasteiger partial charge in [0.25, 0.3) is 0 Å². The zero-order valence-electron chi connectivity index (χ0n) is 12.5. The van der Waals surface area contributed by atoms with Crippen molar-refractivity contribution in [3.63, 3.8) is 0 Å². The Morgan fingerprint density at radius 2 is 1.88 bits per heavy atom. The highest BCUT2D eigenvalue weighted by atomic mass is 35.5. The predicted octanol–water partition coefficient (Wildman–Crippen LogP) is 4.50. The van der Waals surface area contributed by atoms with Gasteiger partial charge in [0.1, 0.15) is 5.75 Å². The number of hydrogen-bond donors (Lipinski definition) is 2. The summed E-state index contributed by atoms with van der Waals surface area (Å²) in [6.45, 7) is 0. The van der Waals surface area contributed by atoms with Crippen LogP contribution in [0.2, 0.25) is 5.02 Å². The van der Waals surface area contributed by atoms with Crippen LogP contribution in [-0.2, 0) is 0 Å². The average Bonchev–Trinajstić information content (AvgIpc) is 3.02. The van der Waals surface area contributed by atoms with Crippen molar-refractivity contribution in [2.24, 2.45) is 0 Å². The standard InChI is InChI=1S/C18H13ClN4O/c19-13-3-1-2-12(10-13)16-11-21-18-17(20-8-9-23(16)18)22-14-4-6-15(24)7-5-14/h1-11,24H,(H,20,22). The van der Waals surface area contributed by atoms with E-state index in [9.17, 15) is 5.11 Å². The second-order valence-electron chi connectivity index (χ2n) is 5.30. The van der Waals surface area contributed by atoms with Crippen molar-refractivity contribution in [1.29, 1.82) is 0 Å². The van der Waals surface area contributed by atoms with E-state index in [1.807, 2.05) is 34.9 Å². The summed E-state index contributed by atoms with van der Waals surface area (Å²) < 4.78 is 1.96. The molecule has 0 bridgehead atoms. The van der Waals surface area contributed by atoms with Crippen molar-refractivity contribution >= 4 is 28.8 Å². The van der Waals surface area contributed by atoms with Gasteiger partial charge in [-0.05, 0) is 36.4 Å². The van der Waals surface area contributed by atoms with E-state index in [0.717, 1.165) is 16.9 Å². The topological polar surface area (TPSA) is 62.5 Å². The maximum Gasteiger partial charge on any atom is 0.180 e. The number of anilines is 2. The van der Waals surface area contributed by atoms with Gasteiger partial charge in [-0.2, -0.15) is 0 Å². The van der Waals surface area contributed by atoms with Gasteiger partial charge >= 0.3 is 0 Å². The highest BCUT2D eigenvalue weighted by molar-refractivity contribution is 6.30. The van der Waals surface area contributed by atoms with Gasteiger partial charge in [0.2, 0.25) is 0 Å². The molecule has 0 fully saturated rings. The molecule has 6 heteroatoms. The van der Waals surface area contributed by atoms with Crippen LogP contribution >= 0.6 is 11.6 Å². The third-order valence-corrected chi connectivity index (χ3v) is 3.91. The molecule has 0 unspecified atom stereocenters. The minimum absolute atomic E-state index is 0.218. The molecule has 2 N–H and O–H groups in total. The molecule has 24 heavy (non-hydrogen) atoms. The van der Waals surface area contributed by atoms with Crippen LogP contribution < -0.4 is 5.32 Å². The molecule has 5 nitrogen and oxygen atoms in total. The molecule has 4 rings (SSSR count). The number of nitrogens with one attached hydrogen (secondary N) is 1. The summed E-state index contributed by atoms with van der Waals surface area (Å²) in [6, 6.07) is 14.4. The zero-order valence-corrected chi connectivity index (χ0v) is 13.3. The van der Waals surface area contributed by atoms with E-state index in [2.05, 4.69) is 15.3 Å². The van der Waals surface area contributed by atoms with Crippen molar-refractivity contribution in [3.05, 3.63) is 72.1 Å². The van der Waals surface area contributed by atoms with Crippen molar-refractivity contribution < 1.29 is 5.11 Å². The fraction of sp³-hybridized carbons (Fsp3) is 0. The van der Waals surface area contributed by atoms with E-state index < -0.39 is 0 Å². The zero-order chi connectivity index (χ0) is 16.5. The van der Waals surface area contributed by atoms with Gasteiger partial charge < -0.3 is 10.4 Å². The summed E-state index contributed by atoms with van der Waals surface area (Å²) in [5.41, 5.74) is 3.45. The van der Waals surface area contributed by atoms with Crippen LogP contribution in [0.3, 0.4) is 0 Å². The van der Waals surface area contributed by atoms with Gasteiger partial charge in [-0.3, -0.25) is 4.40 Å². The van der Waals surface area contributed by atoms with E-state index >= 15 is 0 Å². The van der Waals surface area contributed by atoms with Gasteiger partial charge in [0, 0.05) is 28.7 Å². The first kappa shape index (κ1) is 14.5. The average molecular weight is 337 g/mol. The van der Waals surface area contributed by atoms with Gasteiger partial charge in [-0.1, -0.05) is 23.7 Å². The van der Waals surface area contributed by atoms with E-state index in [1.165, 1.54) is 0 Å². The molecule has 2 heterocycles. The number of fused-ring (bicyclic) bond motifs is 1. The molecule has 0 atom stereocenters. The fourth-order valence-corrected chi connectivity index (χ4v) is 2.74. The number of imidazole rings is 1. The van der Waals surface area contributed by atoms with Crippen molar-refractivity contribution in [3.8, 4) is 17.0 Å². The number of phenols is 1. The number of aromatic hydroxyl groups is 1. The van der Waals surface area contributed by atoms with E-state index in [1.54, 1.807) is 36.7 Å². The van der Waals surface area contributed by atoms with Crippen LogP contribution in [-0.4, -0.2) is 19.5 Å². The summed E-state index contributed by atoms with van der Waals surface area (Å²) in [7, 11) is 0. The summed E-state index contributed by atoms with van der Waals surface area (Å²) >= 11 is 6.09. The molecule has 2 aromatic carbocycles. The first-order chi connectivity index (χ1) is 11.7. The third kappa shape index (κ3) is 2.66. The molecule has 2 aromatic heterocycles. The second-order valence-corrected chi connectivity index (χ2v) is 5.73. The lowest BCUT2D eigenvalue weighted by atomic mass is 10.2. The number of phenolic OH excluding ortho intramolecular Hbond substituents is 1. The Kier molecular flexibility index (Phi) is 3.55. The lowest BCUT2D eigenvalue weighted by Gasteiger charge is -2.08. The Hall–Kier alpha value is -3.05. The molecule has 0 aliphatic heterocycles. The maximum absolute atomic E-state index is 9.38. The summed E-state index contributed by atoms with van der Waals surface area (Å²) in [4.78, 5) is 8.85. The van der Waals surface area contributed by atoms with E-state index in [4.69, 9.17) is 11.6 Å². The lowest BCUT2D eigenvalue weighted by Crippen LogP contribution is -1.98. The van der Waals surface area contributed by atoms with Gasteiger partial charge in [0.15, 0.2) is 11.5 Å². The summed E-state index contributed by atoms with van der Waals surface area (Å²) in [5, 5.41) is 13.3. The Morgan fingerprint density at radius 3 is 2.67 bits per heavy atom. The highest BCUT2D eigenvalue weighted by Crippen LogP contribution is 2.27. The maximum atomic E-state index is 9.38. The molecule has 0 amide bonds. The van der Waals surface area contributed by atoms with E-state index in [0.29, 0.717) is 16.5 Å². The molecule has 0 aliphatic rings. The highest BCUT2D eigenvalue weighted by Gasteiger charge is 2.10. The molecule has 4 aromatic rings. The molecule has 0 saturated carbocycles. The van der Waals surface area contributed by atoms with Crippen LogP contribution in [0.15, 0.2) is 67.1 Å². The predicted molar refractivity (Wildman–Crippen MR) is 94.8 cm³/mol. The molecule has 118 valence electrons. The molecular weight excluding hydrogens is 324 g/mol. The molecular formula is C18H13ClN4O. The first-order valence-electron chi connectivity index (χ1n) is 7.35. The van der Waals surface area contributed by atoms with Crippen molar-refractivity contribution in [1.82, 2.24) is 14.4 Å². The number of aromatic nitrogens is 3. The smallest absolute Gasteiger partial charge is 0.180 e. The molecule has 0 radical (unpaired) electrons. The van der Waals surface area contributed by atoms with Crippen LogP contribution in [0.25, 0.3) is 16.9 Å². The van der Waals surface area contributed by atoms with Crippen LogP contribution in [0.1, 0.15) is 0 Å². The number of benzene rings is 2. The van der Waals surface area contributed by atoms with Gasteiger partial charge in [-0.15, -0.1) is 0 Å². The van der Waals surface area contributed by atoms with Gasteiger partial charge in [0.05, 0.1) is 11.9 Å². The van der Waals surface area contributed by atoms with Gasteiger partial charge in [-0.25, -0.2) is 9.97 Å². The quantitative estimate of drug-likeness (QED) is 0.541. The Labute approximate surface area is 143 Å². The normalized spacial score (nSPS) is 10.9. The van der Waals surface area contributed by atoms with Crippen LogP contribution in [0, 0.1) is 0 Å². The Balaban J connectivity index is 1.77. The Bertz CT molecular complexity index is 1010. The number of nitrogens with zero attached hydrogens (tertiary/aromatic N) is 3. The largest absolute Gasteiger partial charge is 0.508 e. The SMILES string of the molecule is Oc1ccc(Nc2nccn3c(-c4cccc(Cl)c4)cnc23)cc1. The van der Waals surface area contributed by atoms with Crippen LogP contribution in [0.5, 0.6) is 5.75 Å². The molecule has 0 saturated heterocycles. The van der Waals surface area contributed by atoms with E-state index in [-0.39, 0.29) is 5.75 Å².